The average Bonchev–Trinajstić information content (AvgIpc) is 2.55. The van der Waals surface area contributed by atoms with Crippen LogP contribution in [0, 0.1) is 11.6 Å². The maximum absolute atomic E-state index is 13.2. The highest BCUT2D eigenvalue weighted by Crippen LogP contribution is 2.24. The first-order valence-corrected chi connectivity index (χ1v) is 7.54. The molecule has 24 heavy (non-hydrogen) atoms. The van der Waals surface area contributed by atoms with E-state index in [0.29, 0.717) is 17.2 Å². The van der Waals surface area contributed by atoms with Crippen LogP contribution in [0.1, 0.15) is 0 Å². The summed E-state index contributed by atoms with van der Waals surface area (Å²) in [4.78, 5) is 8.34. The summed E-state index contributed by atoms with van der Waals surface area (Å²) in [5.74, 6) is -0.244. The summed E-state index contributed by atoms with van der Waals surface area (Å²) >= 11 is 11.5. The molecule has 122 valence electrons. The maximum atomic E-state index is 13.2. The first-order valence-electron chi connectivity index (χ1n) is 6.78. The first-order chi connectivity index (χ1) is 11.5. The molecule has 1 heterocycles. The average molecular weight is 367 g/mol. The predicted octanol–water partition coefficient (Wildman–Crippen LogP) is 5.55. The number of halogens is 4. The predicted molar refractivity (Wildman–Crippen MR) is 91.4 cm³/mol. The van der Waals surface area contributed by atoms with Gasteiger partial charge in [0.2, 0.25) is 5.95 Å². The van der Waals surface area contributed by atoms with Crippen LogP contribution in [-0.4, -0.2) is 9.97 Å². The molecule has 3 aromatic rings. The van der Waals surface area contributed by atoms with E-state index in [1.54, 1.807) is 6.07 Å². The van der Waals surface area contributed by atoms with Gasteiger partial charge >= 0.3 is 0 Å². The van der Waals surface area contributed by atoms with Gasteiger partial charge in [-0.1, -0.05) is 23.2 Å². The molecule has 0 saturated carbocycles. The second kappa shape index (κ2) is 6.98. The van der Waals surface area contributed by atoms with E-state index in [9.17, 15) is 8.78 Å². The Labute approximate surface area is 146 Å². The van der Waals surface area contributed by atoms with Gasteiger partial charge in [0.05, 0.1) is 10.0 Å². The summed E-state index contributed by atoms with van der Waals surface area (Å²) < 4.78 is 26.3. The van der Waals surface area contributed by atoms with Gasteiger partial charge in [0.1, 0.15) is 17.5 Å². The number of rotatable bonds is 4. The molecule has 0 aliphatic heterocycles. The molecular weight excluding hydrogens is 357 g/mol. The smallest absolute Gasteiger partial charge is 0.229 e. The van der Waals surface area contributed by atoms with Crippen LogP contribution in [0.4, 0.5) is 31.9 Å². The van der Waals surface area contributed by atoms with E-state index >= 15 is 0 Å². The van der Waals surface area contributed by atoms with Crippen LogP contribution in [0.25, 0.3) is 0 Å². The van der Waals surface area contributed by atoms with Gasteiger partial charge in [0.15, 0.2) is 0 Å². The highest BCUT2D eigenvalue weighted by molar-refractivity contribution is 6.31. The van der Waals surface area contributed by atoms with Gasteiger partial charge in [-0.05, 0) is 42.5 Å². The van der Waals surface area contributed by atoms with Crippen LogP contribution in [0.2, 0.25) is 10.0 Å². The number of nitrogens with zero attached hydrogens (tertiary/aromatic N) is 2. The molecule has 8 heteroatoms. The zero-order valence-corrected chi connectivity index (χ0v) is 13.5. The number of nitrogens with one attached hydrogen (secondary N) is 2. The van der Waals surface area contributed by atoms with Gasteiger partial charge in [0, 0.05) is 17.6 Å². The van der Waals surface area contributed by atoms with E-state index in [-0.39, 0.29) is 16.0 Å². The summed E-state index contributed by atoms with van der Waals surface area (Å²) in [7, 11) is 0. The molecular formula is C16H10Cl2F2N4. The SMILES string of the molecule is Fc1ccc(Nc2ccnc(Nc3ccc(F)c(Cl)c3)n2)cc1Cl. The molecule has 4 nitrogen and oxygen atoms in total. The molecule has 0 aliphatic carbocycles. The lowest BCUT2D eigenvalue weighted by atomic mass is 10.3. The fourth-order valence-corrected chi connectivity index (χ4v) is 2.27. The lowest BCUT2D eigenvalue weighted by Crippen LogP contribution is -2.00. The third kappa shape index (κ3) is 3.90. The zero-order valence-electron chi connectivity index (χ0n) is 12.0. The maximum Gasteiger partial charge on any atom is 0.229 e. The number of hydrogen-bond acceptors (Lipinski definition) is 4. The van der Waals surface area contributed by atoms with Crippen molar-refractivity contribution >= 4 is 46.3 Å². The molecule has 0 saturated heterocycles. The van der Waals surface area contributed by atoms with Crippen LogP contribution in [0.5, 0.6) is 0 Å². The van der Waals surface area contributed by atoms with E-state index < -0.39 is 11.6 Å². The Hall–Kier alpha value is -2.44. The highest BCUT2D eigenvalue weighted by Gasteiger charge is 2.05. The fourth-order valence-electron chi connectivity index (χ4n) is 1.91. The largest absolute Gasteiger partial charge is 0.340 e. The van der Waals surface area contributed by atoms with E-state index in [1.165, 1.54) is 42.6 Å². The molecule has 2 N–H and O–H groups in total. The molecule has 0 fully saturated rings. The van der Waals surface area contributed by atoms with Crippen LogP contribution >= 0.6 is 23.2 Å². The van der Waals surface area contributed by atoms with Gasteiger partial charge in [-0.2, -0.15) is 4.98 Å². The summed E-state index contributed by atoms with van der Waals surface area (Å²) in [6, 6.07) is 10.1. The third-order valence-electron chi connectivity index (χ3n) is 3.02. The van der Waals surface area contributed by atoms with E-state index in [2.05, 4.69) is 20.6 Å². The second-order valence-corrected chi connectivity index (χ2v) is 5.59. The van der Waals surface area contributed by atoms with Crippen LogP contribution in [0.15, 0.2) is 48.7 Å². The van der Waals surface area contributed by atoms with Gasteiger partial charge in [0.25, 0.3) is 0 Å². The fraction of sp³-hybridized carbons (Fsp3) is 0. The van der Waals surface area contributed by atoms with Crippen LogP contribution < -0.4 is 10.6 Å². The first kappa shape index (κ1) is 16.4. The molecule has 2 aromatic carbocycles. The lowest BCUT2D eigenvalue weighted by molar-refractivity contribution is 0.628. The number of hydrogen-bond donors (Lipinski definition) is 2. The monoisotopic (exact) mass is 366 g/mol. The number of aromatic nitrogens is 2. The molecule has 0 unspecified atom stereocenters. The Balaban J connectivity index is 1.78. The number of anilines is 4. The minimum Gasteiger partial charge on any atom is -0.340 e. The Bertz CT molecular complexity index is 821. The van der Waals surface area contributed by atoms with Crippen molar-refractivity contribution in [1.29, 1.82) is 0 Å². The minimum absolute atomic E-state index is 0.00441. The Morgan fingerprint density at radius 3 is 1.96 bits per heavy atom. The van der Waals surface area contributed by atoms with Crippen molar-refractivity contribution in [2.75, 3.05) is 10.6 Å². The third-order valence-corrected chi connectivity index (χ3v) is 3.60. The molecule has 0 atom stereocenters. The molecule has 0 amide bonds. The van der Waals surface area contributed by atoms with E-state index in [1.807, 2.05) is 0 Å². The highest BCUT2D eigenvalue weighted by atomic mass is 35.5. The summed E-state index contributed by atoms with van der Waals surface area (Å²) in [5, 5.41) is 5.91. The molecule has 0 bridgehead atoms. The molecule has 3 rings (SSSR count). The molecule has 0 radical (unpaired) electrons. The standard InChI is InChI=1S/C16H10Cl2F2N4/c17-11-7-9(1-3-13(11)19)22-15-5-6-21-16(24-15)23-10-2-4-14(20)12(18)8-10/h1-8H,(H2,21,22,23,24). The Kier molecular flexibility index (Phi) is 4.78. The van der Waals surface area contributed by atoms with E-state index in [0.717, 1.165) is 0 Å². The second-order valence-electron chi connectivity index (χ2n) is 4.77. The van der Waals surface area contributed by atoms with Crippen molar-refractivity contribution in [3.63, 3.8) is 0 Å². The summed E-state index contributed by atoms with van der Waals surface area (Å²) in [6.45, 7) is 0. The van der Waals surface area contributed by atoms with Gasteiger partial charge in [-0.25, -0.2) is 13.8 Å². The van der Waals surface area contributed by atoms with Gasteiger partial charge in [-0.3, -0.25) is 0 Å². The van der Waals surface area contributed by atoms with Crippen molar-refractivity contribution in [3.05, 3.63) is 70.3 Å². The molecule has 0 spiro atoms. The van der Waals surface area contributed by atoms with Crippen molar-refractivity contribution < 1.29 is 8.78 Å². The van der Waals surface area contributed by atoms with Crippen LogP contribution in [0.3, 0.4) is 0 Å². The number of benzene rings is 2. The Morgan fingerprint density at radius 1 is 0.792 bits per heavy atom. The molecule has 1 aromatic heterocycles. The van der Waals surface area contributed by atoms with Gasteiger partial charge < -0.3 is 10.6 Å². The molecule has 0 aliphatic rings. The summed E-state index contributed by atoms with van der Waals surface area (Å²) in [5.41, 5.74) is 1.12. The van der Waals surface area contributed by atoms with Crippen molar-refractivity contribution in [1.82, 2.24) is 9.97 Å². The normalized spacial score (nSPS) is 10.5. The Morgan fingerprint density at radius 2 is 1.38 bits per heavy atom. The minimum atomic E-state index is -0.508. The lowest BCUT2D eigenvalue weighted by Gasteiger charge is -2.09. The topological polar surface area (TPSA) is 49.8 Å². The van der Waals surface area contributed by atoms with Gasteiger partial charge in [-0.15, -0.1) is 0 Å². The van der Waals surface area contributed by atoms with E-state index in [4.69, 9.17) is 23.2 Å². The summed E-state index contributed by atoms with van der Waals surface area (Å²) in [6.07, 6.45) is 1.54. The van der Waals surface area contributed by atoms with Crippen molar-refractivity contribution in [2.24, 2.45) is 0 Å². The van der Waals surface area contributed by atoms with Crippen LogP contribution in [-0.2, 0) is 0 Å². The van der Waals surface area contributed by atoms with Crippen molar-refractivity contribution in [3.8, 4) is 0 Å². The van der Waals surface area contributed by atoms with Crippen molar-refractivity contribution in [2.45, 2.75) is 0 Å². The quantitative estimate of drug-likeness (QED) is 0.635. The zero-order chi connectivity index (χ0) is 17.1.